The van der Waals surface area contributed by atoms with Gasteiger partial charge in [0.25, 0.3) is 0 Å². The van der Waals surface area contributed by atoms with Crippen molar-refractivity contribution in [2.45, 2.75) is 26.9 Å². The molecule has 1 aliphatic rings. The molecule has 0 unspecified atom stereocenters. The van der Waals surface area contributed by atoms with Crippen LogP contribution in [0.2, 0.25) is 0 Å². The van der Waals surface area contributed by atoms with E-state index < -0.39 is 0 Å². The van der Waals surface area contributed by atoms with Crippen LogP contribution < -0.4 is 11.0 Å². The van der Waals surface area contributed by atoms with Crippen molar-refractivity contribution in [3.63, 3.8) is 0 Å². The predicted molar refractivity (Wildman–Crippen MR) is 130 cm³/mol. The molecule has 7 nitrogen and oxygen atoms in total. The Bertz CT molecular complexity index is 1610. The molecule has 1 N–H and O–H groups in total. The van der Waals surface area contributed by atoms with E-state index in [9.17, 15) is 9.18 Å². The van der Waals surface area contributed by atoms with E-state index in [1.165, 1.54) is 0 Å². The van der Waals surface area contributed by atoms with Crippen molar-refractivity contribution in [2.24, 2.45) is 7.05 Å². The van der Waals surface area contributed by atoms with Crippen molar-refractivity contribution < 1.29 is 4.39 Å². The van der Waals surface area contributed by atoms with E-state index in [-0.39, 0.29) is 11.5 Å². The molecule has 0 spiro atoms. The molecule has 0 saturated carbocycles. The first-order chi connectivity index (χ1) is 16.4. The summed E-state index contributed by atoms with van der Waals surface area (Å²) >= 11 is 0. The second-order valence-corrected chi connectivity index (χ2v) is 8.96. The Balaban J connectivity index is 1.54. The van der Waals surface area contributed by atoms with E-state index in [4.69, 9.17) is 5.10 Å². The summed E-state index contributed by atoms with van der Waals surface area (Å²) in [4.78, 5) is 13.7. The minimum Gasteiger partial charge on any atom is -0.351 e. The molecule has 0 atom stereocenters. The maximum Gasteiger partial charge on any atom is 0.337 e. The zero-order chi connectivity index (χ0) is 23.6. The van der Waals surface area contributed by atoms with Crippen LogP contribution in [0.3, 0.4) is 0 Å². The first-order valence-corrected chi connectivity index (χ1v) is 11.4. The second-order valence-electron chi connectivity index (χ2n) is 8.96. The third-order valence-electron chi connectivity index (χ3n) is 6.70. The number of benzene rings is 2. The molecule has 172 valence electrons. The highest BCUT2D eigenvalue weighted by atomic mass is 19.1. The number of rotatable bonds is 3. The fraction of sp³-hybridized carbons (Fsp3) is 0.231. The monoisotopic (exact) mass is 456 g/mol. The lowest BCUT2D eigenvalue weighted by Crippen LogP contribution is -2.30. The molecule has 0 saturated heterocycles. The predicted octanol–water partition coefficient (Wildman–Crippen LogP) is 3.84. The Labute approximate surface area is 195 Å². The van der Waals surface area contributed by atoms with E-state index in [0.717, 1.165) is 40.1 Å². The molecule has 6 rings (SSSR count). The average Bonchev–Trinajstić information content (AvgIpc) is 3.51. The van der Waals surface area contributed by atoms with Gasteiger partial charge in [-0.25, -0.2) is 9.18 Å². The van der Waals surface area contributed by atoms with E-state index >= 15 is 0 Å². The van der Waals surface area contributed by atoms with Crippen LogP contribution >= 0.6 is 0 Å². The van der Waals surface area contributed by atoms with Gasteiger partial charge in [-0.2, -0.15) is 5.10 Å². The van der Waals surface area contributed by atoms with Gasteiger partial charge in [-0.15, -0.1) is 0 Å². The van der Waals surface area contributed by atoms with Gasteiger partial charge >= 0.3 is 5.69 Å². The van der Waals surface area contributed by atoms with Gasteiger partial charge in [-0.05, 0) is 61.4 Å². The Morgan fingerprint density at radius 3 is 2.56 bits per heavy atom. The van der Waals surface area contributed by atoms with Gasteiger partial charge in [0.15, 0.2) is 0 Å². The first kappa shape index (κ1) is 20.7. The maximum atomic E-state index is 14.3. The zero-order valence-electron chi connectivity index (χ0n) is 19.3. The number of fused-ring (bicyclic) bond motifs is 2. The lowest BCUT2D eigenvalue weighted by Gasteiger charge is -2.16. The van der Waals surface area contributed by atoms with Crippen LogP contribution in [-0.2, 0) is 20.1 Å². The Kier molecular flexibility index (Phi) is 4.60. The number of nitrogens with one attached hydrogen (secondary N) is 1. The van der Waals surface area contributed by atoms with Gasteiger partial charge < -0.3 is 9.88 Å². The molecule has 8 heteroatoms. The summed E-state index contributed by atoms with van der Waals surface area (Å²) in [7, 11) is 2.00. The number of hydrogen-bond acceptors (Lipinski definition) is 3. The lowest BCUT2D eigenvalue weighted by atomic mass is 10.0. The van der Waals surface area contributed by atoms with Crippen LogP contribution in [0.1, 0.15) is 16.8 Å². The van der Waals surface area contributed by atoms with Crippen molar-refractivity contribution in [3.05, 3.63) is 88.1 Å². The Hall–Kier alpha value is -3.91. The molecule has 3 aromatic heterocycles. The smallest absolute Gasteiger partial charge is 0.337 e. The van der Waals surface area contributed by atoms with Crippen molar-refractivity contribution in [1.29, 1.82) is 0 Å². The highest BCUT2D eigenvalue weighted by Gasteiger charge is 2.25. The fourth-order valence-corrected chi connectivity index (χ4v) is 4.93. The largest absolute Gasteiger partial charge is 0.351 e. The highest BCUT2D eigenvalue weighted by molar-refractivity contribution is 5.82. The van der Waals surface area contributed by atoms with E-state index in [2.05, 4.69) is 9.88 Å². The molecule has 0 radical (unpaired) electrons. The van der Waals surface area contributed by atoms with Crippen molar-refractivity contribution in [3.8, 4) is 22.6 Å². The first-order valence-electron chi connectivity index (χ1n) is 11.4. The van der Waals surface area contributed by atoms with Crippen LogP contribution in [0, 0.1) is 19.7 Å². The molecular formula is C26H25FN6O. The topological polar surface area (TPSA) is 61.7 Å². The SMILES string of the molecule is Cc1cc(-c2nn3c(c2-n2ccn(-c4ccc5c(ccn5C)c4)c2=O)CNCC3)cc(C)c1F. The number of halogens is 1. The fourth-order valence-electron chi connectivity index (χ4n) is 4.93. The highest BCUT2D eigenvalue weighted by Crippen LogP contribution is 2.32. The number of aromatic nitrogens is 5. The van der Waals surface area contributed by atoms with E-state index in [1.807, 2.05) is 42.2 Å². The average molecular weight is 457 g/mol. The molecule has 2 aromatic carbocycles. The van der Waals surface area contributed by atoms with Crippen molar-refractivity contribution in [1.82, 2.24) is 28.8 Å². The van der Waals surface area contributed by atoms with E-state index in [0.29, 0.717) is 29.9 Å². The molecule has 34 heavy (non-hydrogen) atoms. The molecule has 4 heterocycles. The molecule has 0 fully saturated rings. The summed E-state index contributed by atoms with van der Waals surface area (Å²) in [5.41, 5.74) is 6.03. The third-order valence-corrected chi connectivity index (χ3v) is 6.70. The summed E-state index contributed by atoms with van der Waals surface area (Å²) in [5.74, 6) is -0.212. The molecule has 0 amide bonds. The van der Waals surface area contributed by atoms with Crippen LogP contribution in [0.25, 0.3) is 33.5 Å². The summed E-state index contributed by atoms with van der Waals surface area (Å²) in [6.07, 6.45) is 5.59. The quantitative estimate of drug-likeness (QED) is 0.449. The normalized spacial score (nSPS) is 13.5. The second kappa shape index (κ2) is 7.56. The molecule has 0 aliphatic carbocycles. The molecular weight excluding hydrogens is 431 g/mol. The summed E-state index contributed by atoms with van der Waals surface area (Å²) in [6, 6.07) is 11.6. The molecule has 1 aliphatic heterocycles. The standard InChI is InChI=1S/C26H25FN6O/c1-16-12-19(13-17(2)23(16)27)24-25(22-15-28-7-9-33(22)29-24)32-11-10-31(26(32)34)20-4-5-21-18(14-20)6-8-30(21)3/h4-6,8,10-14,28H,7,9,15H2,1-3H3. The van der Waals surface area contributed by atoms with Crippen LogP contribution in [0.15, 0.2) is 59.8 Å². The van der Waals surface area contributed by atoms with Crippen molar-refractivity contribution in [2.75, 3.05) is 6.54 Å². The number of nitrogens with zero attached hydrogens (tertiary/aromatic N) is 5. The summed E-state index contributed by atoms with van der Waals surface area (Å²) in [5, 5.41) is 9.32. The molecule has 0 bridgehead atoms. The van der Waals surface area contributed by atoms with Crippen LogP contribution in [0.4, 0.5) is 4.39 Å². The zero-order valence-corrected chi connectivity index (χ0v) is 19.3. The van der Waals surface area contributed by atoms with Gasteiger partial charge in [0.1, 0.15) is 17.2 Å². The minimum absolute atomic E-state index is 0.173. The number of aryl methyl sites for hydroxylation is 3. The summed E-state index contributed by atoms with van der Waals surface area (Å²) in [6.45, 7) is 5.63. The lowest BCUT2D eigenvalue weighted by molar-refractivity contribution is 0.475. The van der Waals surface area contributed by atoms with Gasteiger partial charge in [-0.1, -0.05) is 0 Å². The third kappa shape index (κ3) is 3.06. The summed E-state index contributed by atoms with van der Waals surface area (Å²) < 4.78 is 21.7. The van der Waals surface area contributed by atoms with Gasteiger partial charge in [-0.3, -0.25) is 13.8 Å². The Morgan fingerprint density at radius 1 is 1.00 bits per heavy atom. The van der Waals surface area contributed by atoms with Gasteiger partial charge in [0, 0.05) is 55.2 Å². The van der Waals surface area contributed by atoms with Crippen LogP contribution in [0.5, 0.6) is 0 Å². The van der Waals surface area contributed by atoms with Gasteiger partial charge in [0.2, 0.25) is 0 Å². The minimum atomic E-state index is -0.212. The van der Waals surface area contributed by atoms with E-state index in [1.54, 1.807) is 47.5 Å². The maximum absolute atomic E-state index is 14.3. The Morgan fingerprint density at radius 2 is 1.76 bits per heavy atom. The molecule has 5 aromatic rings. The van der Waals surface area contributed by atoms with Crippen LogP contribution in [-0.4, -0.2) is 30.0 Å². The van der Waals surface area contributed by atoms with Crippen molar-refractivity contribution >= 4 is 10.9 Å². The number of hydrogen-bond donors (Lipinski definition) is 1. The number of imidazole rings is 1. The van der Waals surface area contributed by atoms with Gasteiger partial charge in [0.05, 0.1) is 17.9 Å².